The summed E-state index contributed by atoms with van der Waals surface area (Å²) in [6.07, 6.45) is 0. The van der Waals surface area contributed by atoms with Gasteiger partial charge in [0.05, 0.1) is 5.92 Å². The van der Waals surface area contributed by atoms with Gasteiger partial charge in [0.15, 0.2) is 4.34 Å². The SMILES string of the molecule is O=C(Nc1nnc(SCc2ccccc2F)s1)C(c1ccccc1)c1ccccc1. The lowest BCUT2D eigenvalue weighted by Gasteiger charge is -2.16. The summed E-state index contributed by atoms with van der Waals surface area (Å²) in [7, 11) is 0. The number of hydrogen-bond donors (Lipinski definition) is 1. The zero-order chi connectivity index (χ0) is 20.8. The molecule has 0 aliphatic carbocycles. The third-order valence-electron chi connectivity index (χ3n) is 4.47. The van der Waals surface area contributed by atoms with E-state index in [1.165, 1.54) is 29.2 Å². The molecule has 150 valence electrons. The van der Waals surface area contributed by atoms with Gasteiger partial charge in [-0.1, -0.05) is 102 Å². The minimum atomic E-state index is -0.453. The molecule has 7 heteroatoms. The lowest BCUT2D eigenvalue weighted by molar-refractivity contribution is -0.116. The van der Waals surface area contributed by atoms with Crippen LogP contribution in [-0.2, 0) is 10.5 Å². The van der Waals surface area contributed by atoms with E-state index >= 15 is 0 Å². The van der Waals surface area contributed by atoms with Crippen LogP contribution in [0.5, 0.6) is 0 Å². The molecule has 3 aromatic carbocycles. The minimum absolute atomic E-state index is 0.172. The van der Waals surface area contributed by atoms with Crippen molar-refractivity contribution >= 4 is 34.1 Å². The smallest absolute Gasteiger partial charge is 0.238 e. The Hall–Kier alpha value is -3.03. The van der Waals surface area contributed by atoms with Crippen molar-refractivity contribution < 1.29 is 9.18 Å². The first kappa shape index (κ1) is 20.3. The van der Waals surface area contributed by atoms with Gasteiger partial charge in [-0.2, -0.15) is 0 Å². The van der Waals surface area contributed by atoms with E-state index in [0.29, 0.717) is 20.8 Å². The van der Waals surface area contributed by atoms with Gasteiger partial charge in [-0.3, -0.25) is 10.1 Å². The lowest BCUT2D eigenvalue weighted by Crippen LogP contribution is -2.22. The number of halogens is 1. The molecule has 0 atom stereocenters. The van der Waals surface area contributed by atoms with Gasteiger partial charge < -0.3 is 0 Å². The van der Waals surface area contributed by atoms with E-state index in [4.69, 9.17) is 0 Å². The van der Waals surface area contributed by atoms with Crippen molar-refractivity contribution in [3.8, 4) is 0 Å². The molecular formula is C23H18FN3OS2. The highest BCUT2D eigenvalue weighted by atomic mass is 32.2. The molecule has 1 N–H and O–H groups in total. The van der Waals surface area contributed by atoms with Gasteiger partial charge in [0.25, 0.3) is 0 Å². The highest BCUT2D eigenvalue weighted by molar-refractivity contribution is 8.00. The van der Waals surface area contributed by atoms with Gasteiger partial charge in [-0.15, -0.1) is 10.2 Å². The predicted octanol–water partition coefficient (Wildman–Crippen LogP) is 5.74. The summed E-state index contributed by atoms with van der Waals surface area (Å²) in [5.74, 6) is -0.414. The van der Waals surface area contributed by atoms with E-state index < -0.39 is 5.92 Å². The fourth-order valence-corrected chi connectivity index (χ4v) is 4.78. The number of nitrogens with one attached hydrogen (secondary N) is 1. The quantitative estimate of drug-likeness (QED) is 0.297. The fraction of sp³-hybridized carbons (Fsp3) is 0.0870. The van der Waals surface area contributed by atoms with Crippen LogP contribution in [0.3, 0.4) is 0 Å². The van der Waals surface area contributed by atoms with Crippen molar-refractivity contribution in [1.29, 1.82) is 0 Å². The van der Waals surface area contributed by atoms with E-state index in [1.807, 2.05) is 60.7 Å². The standard InChI is InChI=1S/C23H18FN3OS2/c24-19-14-8-7-13-18(19)15-29-23-27-26-22(30-23)25-21(28)20(16-9-3-1-4-10-16)17-11-5-2-6-12-17/h1-14,20H,15H2,(H,25,26,28). The van der Waals surface area contributed by atoms with Gasteiger partial charge in [-0.05, 0) is 22.8 Å². The van der Waals surface area contributed by atoms with Crippen molar-refractivity contribution in [2.75, 3.05) is 5.32 Å². The van der Waals surface area contributed by atoms with Crippen LogP contribution in [-0.4, -0.2) is 16.1 Å². The van der Waals surface area contributed by atoms with Gasteiger partial charge in [0, 0.05) is 5.75 Å². The molecule has 0 unspecified atom stereocenters. The summed E-state index contributed by atoms with van der Waals surface area (Å²) in [6.45, 7) is 0. The molecule has 4 rings (SSSR count). The maximum Gasteiger partial charge on any atom is 0.238 e. The number of aromatic nitrogens is 2. The molecule has 4 aromatic rings. The Balaban J connectivity index is 1.47. The molecular weight excluding hydrogens is 417 g/mol. The lowest BCUT2D eigenvalue weighted by atomic mass is 9.90. The Labute approximate surface area is 182 Å². The summed E-state index contributed by atoms with van der Waals surface area (Å²) >= 11 is 2.67. The Morgan fingerprint density at radius 2 is 1.50 bits per heavy atom. The second-order valence-electron chi connectivity index (χ2n) is 6.50. The first-order valence-corrected chi connectivity index (χ1v) is 11.1. The van der Waals surface area contributed by atoms with Crippen LogP contribution in [0, 0.1) is 5.82 Å². The Kier molecular flexibility index (Phi) is 6.51. The average molecular weight is 436 g/mol. The zero-order valence-electron chi connectivity index (χ0n) is 15.9. The van der Waals surface area contributed by atoms with E-state index in [9.17, 15) is 9.18 Å². The largest absolute Gasteiger partial charge is 0.300 e. The molecule has 0 saturated carbocycles. The molecule has 0 bridgehead atoms. The first-order chi connectivity index (χ1) is 14.7. The predicted molar refractivity (Wildman–Crippen MR) is 119 cm³/mol. The second kappa shape index (κ2) is 9.65. The summed E-state index contributed by atoms with van der Waals surface area (Å²) in [5.41, 5.74) is 2.41. The topological polar surface area (TPSA) is 54.9 Å². The van der Waals surface area contributed by atoms with Crippen LogP contribution in [0.25, 0.3) is 0 Å². The van der Waals surface area contributed by atoms with Crippen molar-refractivity contribution in [1.82, 2.24) is 10.2 Å². The summed E-state index contributed by atoms with van der Waals surface area (Å²) in [4.78, 5) is 13.1. The molecule has 0 aliphatic rings. The monoisotopic (exact) mass is 435 g/mol. The van der Waals surface area contributed by atoms with Crippen LogP contribution < -0.4 is 5.32 Å². The number of carbonyl (C=O) groups is 1. The summed E-state index contributed by atoms with van der Waals surface area (Å²) < 4.78 is 14.4. The summed E-state index contributed by atoms with van der Waals surface area (Å²) in [5, 5.41) is 11.5. The number of carbonyl (C=O) groups excluding carboxylic acids is 1. The number of amides is 1. The number of nitrogens with zero attached hydrogens (tertiary/aromatic N) is 2. The molecule has 0 aliphatic heterocycles. The second-order valence-corrected chi connectivity index (χ2v) is 8.70. The van der Waals surface area contributed by atoms with Crippen molar-refractivity contribution in [3.05, 3.63) is 107 Å². The molecule has 4 nitrogen and oxygen atoms in total. The van der Waals surface area contributed by atoms with E-state index in [1.54, 1.807) is 18.2 Å². The van der Waals surface area contributed by atoms with Crippen molar-refractivity contribution in [2.24, 2.45) is 0 Å². The maximum absolute atomic E-state index is 13.8. The molecule has 0 fully saturated rings. The molecule has 1 heterocycles. The Morgan fingerprint density at radius 1 is 0.900 bits per heavy atom. The van der Waals surface area contributed by atoms with Gasteiger partial charge in [0.2, 0.25) is 11.0 Å². The average Bonchev–Trinajstić information content (AvgIpc) is 3.22. The highest BCUT2D eigenvalue weighted by Gasteiger charge is 2.23. The molecule has 1 aromatic heterocycles. The number of benzene rings is 3. The number of anilines is 1. The Morgan fingerprint density at radius 3 is 2.13 bits per heavy atom. The Bertz CT molecular complexity index is 1080. The first-order valence-electron chi connectivity index (χ1n) is 9.31. The third kappa shape index (κ3) is 4.93. The molecule has 0 radical (unpaired) electrons. The number of rotatable bonds is 7. The van der Waals surface area contributed by atoms with Gasteiger partial charge >= 0.3 is 0 Å². The molecule has 0 spiro atoms. The van der Waals surface area contributed by atoms with E-state index in [2.05, 4.69) is 15.5 Å². The van der Waals surface area contributed by atoms with Crippen LogP contribution >= 0.6 is 23.1 Å². The van der Waals surface area contributed by atoms with Crippen LogP contribution in [0.4, 0.5) is 9.52 Å². The van der Waals surface area contributed by atoms with Gasteiger partial charge in [0.1, 0.15) is 5.82 Å². The van der Waals surface area contributed by atoms with Crippen LogP contribution in [0.15, 0.2) is 89.3 Å². The molecule has 1 amide bonds. The fourth-order valence-electron chi connectivity index (χ4n) is 3.04. The van der Waals surface area contributed by atoms with E-state index in [0.717, 1.165) is 11.1 Å². The maximum atomic E-state index is 13.8. The highest BCUT2D eigenvalue weighted by Crippen LogP contribution is 2.31. The molecule has 30 heavy (non-hydrogen) atoms. The number of hydrogen-bond acceptors (Lipinski definition) is 5. The van der Waals surface area contributed by atoms with Crippen molar-refractivity contribution in [3.63, 3.8) is 0 Å². The third-order valence-corrected chi connectivity index (χ3v) is 6.49. The molecule has 0 saturated heterocycles. The van der Waals surface area contributed by atoms with E-state index in [-0.39, 0.29) is 11.7 Å². The van der Waals surface area contributed by atoms with Crippen molar-refractivity contribution in [2.45, 2.75) is 16.0 Å². The summed E-state index contributed by atoms with van der Waals surface area (Å²) in [6, 6.07) is 25.9. The zero-order valence-corrected chi connectivity index (χ0v) is 17.5. The normalized spacial score (nSPS) is 10.9. The van der Waals surface area contributed by atoms with Crippen LogP contribution in [0.1, 0.15) is 22.6 Å². The number of thioether (sulfide) groups is 1. The van der Waals surface area contributed by atoms with Crippen LogP contribution in [0.2, 0.25) is 0 Å². The van der Waals surface area contributed by atoms with Gasteiger partial charge in [-0.25, -0.2) is 4.39 Å². The minimum Gasteiger partial charge on any atom is -0.300 e.